The number of aryl methyl sites for hydroxylation is 1. The maximum Gasteiger partial charge on any atom is 0.220 e. The van der Waals surface area contributed by atoms with Crippen molar-refractivity contribution < 1.29 is 4.79 Å². The predicted octanol–water partition coefficient (Wildman–Crippen LogP) is 2.45. The van der Waals surface area contributed by atoms with Crippen LogP contribution in [0.5, 0.6) is 0 Å². The highest BCUT2D eigenvalue weighted by atomic mass is 79.9. The molecule has 1 aliphatic rings. The average molecular weight is 283 g/mol. The zero-order valence-electron chi connectivity index (χ0n) is 9.22. The summed E-state index contributed by atoms with van der Waals surface area (Å²) in [6.07, 6.45) is 1.59. The normalized spacial score (nSPS) is 19.6. The van der Waals surface area contributed by atoms with Crippen molar-refractivity contribution in [1.82, 2.24) is 5.32 Å². The Bertz CT molecular complexity index is 406. The number of rotatable bonds is 3. The minimum absolute atomic E-state index is 0.164. The van der Waals surface area contributed by atoms with Gasteiger partial charge in [-0.05, 0) is 31.0 Å². The molecule has 2 N–H and O–H groups in total. The molecule has 0 saturated carbocycles. The highest BCUT2D eigenvalue weighted by Crippen LogP contribution is 2.20. The van der Waals surface area contributed by atoms with Gasteiger partial charge in [0.25, 0.3) is 0 Å². The SMILES string of the molecule is Cc1ccc(NCC2CCC(=O)N2)cc1Br. The number of hydrogen-bond donors (Lipinski definition) is 2. The van der Waals surface area contributed by atoms with Gasteiger partial charge < -0.3 is 10.6 Å². The number of anilines is 1. The van der Waals surface area contributed by atoms with Crippen LogP contribution in [0.15, 0.2) is 22.7 Å². The Labute approximate surface area is 104 Å². The lowest BCUT2D eigenvalue weighted by Gasteiger charge is -2.13. The van der Waals surface area contributed by atoms with Crippen molar-refractivity contribution in [2.24, 2.45) is 0 Å². The quantitative estimate of drug-likeness (QED) is 0.894. The molecular weight excluding hydrogens is 268 g/mol. The van der Waals surface area contributed by atoms with Gasteiger partial charge in [-0.2, -0.15) is 0 Å². The molecule has 1 aliphatic heterocycles. The third-order valence-corrected chi connectivity index (χ3v) is 3.66. The van der Waals surface area contributed by atoms with Crippen molar-refractivity contribution >= 4 is 27.5 Å². The van der Waals surface area contributed by atoms with Gasteiger partial charge in [0.05, 0.1) is 0 Å². The fourth-order valence-corrected chi connectivity index (χ4v) is 2.15. The molecule has 1 heterocycles. The van der Waals surface area contributed by atoms with Crippen molar-refractivity contribution in [3.63, 3.8) is 0 Å². The van der Waals surface area contributed by atoms with Crippen LogP contribution >= 0.6 is 15.9 Å². The molecule has 0 aromatic heterocycles. The minimum atomic E-state index is 0.164. The Balaban J connectivity index is 1.89. The summed E-state index contributed by atoms with van der Waals surface area (Å²) in [4.78, 5) is 11.0. The first-order valence-corrected chi connectivity index (χ1v) is 6.24. The maximum absolute atomic E-state index is 11.0. The topological polar surface area (TPSA) is 41.1 Å². The summed E-state index contributed by atoms with van der Waals surface area (Å²) in [5.74, 6) is 0.164. The summed E-state index contributed by atoms with van der Waals surface area (Å²) in [5.41, 5.74) is 2.30. The molecule has 1 fully saturated rings. The first-order chi connectivity index (χ1) is 7.65. The third kappa shape index (κ3) is 2.76. The first kappa shape index (κ1) is 11.5. The number of halogens is 1. The van der Waals surface area contributed by atoms with Gasteiger partial charge in [0, 0.05) is 29.2 Å². The van der Waals surface area contributed by atoms with Gasteiger partial charge in [0.15, 0.2) is 0 Å². The van der Waals surface area contributed by atoms with Gasteiger partial charge in [-0.15, -0.1) is 0 Å². The monoisotopic (exact) mass is 282 g/mol. The van der Waals surface area contributed by atoms with Crippen molar-refractivity contribution in [2.75, 3.05) is 11.9 Å². The number of nitrogens with one attached hydrogen (secondary N) is 2. The molecule has 86 valence electrons. The molecule has 1 unspecified atom stereocenters. The summed E-state index contributed by atoms with van der Waals surface area (Å²) >= 11 is 3.50. The molecule has 1 atom stereocenters. The summed E-state index contributed by atoms with van der Waals surface area (Å²) in [7, 11) is 0. The molecule has 0 radical (unpaired) electrons. The highest BCUT2D eigenvalue weighted by Gasteiger charge is 2.19. The van der Waals surface area contributed by atoms with E-state index in [-0.39, 0.29) is 11.9 Å². The van der Waals surface area contributed by atoms with Crippen LogP contribution in [0.2, 0.25) is 0 Å². The van der Waals surface area contributed by atoms with Crippen LogP contribution in [-0.4, -0.2) is 18.5 Å². The van der Waals surface area contributed by atoms with Gasteiger partial charge in [0.2, 0.25) is 5.91 Å². The largest absolute Gasteiger partial charge is 0.383 e. The number of carbonyl (C=O) groups excluding carboxylic acids is 1. The maximum atomic E-state index is 11.0. The summed E-state index contributed by atoms with van der Waals surface area (Å²) in [6, 6.07) is 6.45. The van der Waals surface area contributed by atoms with Crippen molar-refractivity contribution in [3.05, 3.63) is 28.2 Å². The zero-order chi connectivity index (χ0) is 11.5. The Hall–Kier alpha value is -1.03. The van der Waals surface area contributed by atoms with E-state index in [1.807, 2.05) is 0 Å². The molecule has 1 aromatic rings. The summed E-state index contributed by atoms with van der Waals surface area (Å²) in [5, 5.41) is 6.27. The van der Waals surface area contributed by atoms with E-state index in [9.17, 15) is 4.79 Å². The Morgan fingerprint density at radius 1 is 1.56 bits per heavy atom. The lowest BCUT2D eigenvalue weighted by Crippen LogP contribution is -2.31. The smallest absolute Gasteiger partial charge is 0.220 e. The lowest BCUT2D eigenvalue weighted by molar-refractivity contribution is -0.119. The van der Waals surface area contributed by atoms with E-state index in [0.29, 0.717) is 6.42 Å². The van der Waals surface area contributed by atoms with E-state index in [1.54, 1.807) is 0 Å². The molecule has 4 heteroatoms. The van der Waals surface area contributed by atoms with Crippen molar-refractivity contribution in [3.8, 4) is 0 Å². The van der Waals surface area contributed by atoms with E-state index < -0.39 is 0 Å². The molecule has 0 aliphatic carbocycles. The fraction of sp³-hybridized carbons (Fsp3) is 0.417. The molecular formula is C12H15BrN2O. The highest BCUT2D eigenvalue weighted by molar-refractivity contribution is 9.10. The second-order valence-electron chi connectivity index (χ2n) is 4.15. The van der Waals surface area contributed by atoms with Gasteiger partial charge in [-0.1, -0.05) is 22.0 Å². The molecule has 2 rings (SSSR count). The minimum Gasteiger partial charge on any atom is -0.383 e. The average Bonchev–Trinajstić information content (AvgIpc) is 2.66. The molecule has 1 amide bonds. The van der Waals surface area contributed by atoms with Gasteiger partial charge >= 0.3 is 0 Å². The van der Waals surface area contributed by atoms with Crippen molar-refractivity contribution in [2.45, 2.75) is 25.8 Å². The van der Waals surface area contributed by atoms with Gasteiger partial charge in [0.1, 0.15) is 0 Å². The number of hydrogen-bond acceptors (Lipinski definition) is 2. The summed E-state index contributed by atoms with van der Waals surface area (Å²) in [6.45, 7) is 2.85. The van der Waals surface area contributed by atoms with Crippen LogP contribution in [0.3, 0.4) is 0 Å². The molecule has 1 saturated heterocycles. The van der Waals surface area contributed by atoms with Crippen LogP contribution < -0.4 is 10.6 Å². The van der Waals surface area contributed by atoms with Gasteiger partial charge in [-0.3, -0.25) is 4.79 Å². The van der Waals surface area contributed by atoms with E-state index in [0.717, 1.165) is 23.1 Å². The fourth-order valence-electron chi connectivity index (χ4n) is 1.77. The van der Waals surface area contributed by atoms with E-state index >= 15 is 0 Å². The molecule has 0 spiro atoms. The van der Waals surface area contributed by atoms with Crippen LogP contribution in [-0.2, 0) is 4.79 Å². The number of benzene rings is 1. The van der Waals surface area contributed by atoms with Crippen LogP contribution in [0, 0.1) is 6.92 Å². The molecule has 16 heavy (non-hydrogen) atoms. The zero-order valence-corrected chi connectivity index (χ0v) is 10.8. The lowest BCUT2D eigenvalue weighted by atomic mass is 10.2. The van der Waals surface area contributed by atoms with Crippen LogP contribution in [0.4, 0.5) is 5.69 Å². The molecule has 0 bridgehead atoms. The van der Waals surface area contributed by atoms with Gasteiger partial charge in [-0.25, -0.2) is 0 Å². The van der Waals surface area contributed by atoms with Crippen LogP contribution in [0.25, 0.3) is 0 Å². The van der Waals surface area contributed by atoms with E-state index in [1.165, 1.54) is 5.56 Å². The number of amides is 1. The second kappa shape index (κ2) is 4.87. The van der Waals surface area contributed by atoms with Crippen LogP contribution in [0.1, 0.15) is 18.4 Å². The standard InChI is InChI=1S/C12H15BrN2O/c1-8-2-3-9(6-11(8)13)14-7-10-4-5-12(16)15-10/h2-3,6,10,14H,4-5,7H2,1H3,(H,15,16). The molecule has 3 nitrogen and oxygen atoms in total. The summed E-state index contributed by atoms with van der Waals surface area (Å²) < 4.78 is 1.10. The number of carbonyl (C=O) groups is 1. The van der Waals surface area contributed by atoms with E-state index in [4.69, 9.17) is 0 Å². The van der Waals surface area contributed by atoms with Crippen molar-refractivity contribution in [1.29, 1.82) is 0 Å². The second-order valence-corrected chi connectivity index (χ2v) is 5.00. The Morgan fingerprint density at radius 3 is 3.00 bits per heavy atom. The Morgan fingerprint density at radius 2 is 2.38 bits per heavy atom. The third-order valence-electron chi connectivity index (χ3n) is 2.81. The first-order valence-electron chi connectivity index (χ1n) is 5.44. The predicted molar refractivity (Wildman–Crippen MR) is 68.5 cm³/mol. The molecule has 1 aromatic carbocycles. The van der Waals surface area contributed by atoms with E-state index in [2.05, 4.69) is 51.7 Å². The Kier molecular flexibility index (Phi) is 3.49.